The zero-order valence-corrected chi connectivity index (χ0v) is 29.0. The van der Waals surface area contributed by atoms with Gasteiger partial charge in [0.1, 0.15) is 17.8 Å². The Hall–Kier alpha value is -5.05. The summed E-state index contributed by atoms with van der Waals surface area (Å²) in [5.74, 6) is 1.02. The molecule has 51 heavy (non-hydrogen) atoms. The first-order valence-electron chi connectivity index (χ1n) is 17.4. The summed E-state index contributed by atoms with van der Waals surface area (Å²) in [6.45, 7) is 6.93. The van der Waals surface area contributed by atoms with Crippen molar-refractivity contribution in [3.05, 3.63) is 96.1 Å². The Kier molecular flexibility index (Phi) is 9.64. The highest BCUT2D eigenvalue weighted by Gasteiger charge is 2.44. The van der Waals surface area contributed by atoms with E-state index in [2.05, 4.69) is 40.0 Å². The van der Waals surface area contributed by atoms with Crippen molar-refractivity contribution in [3.8, 4) is 0 Å². The molecule has 0 spiro atoms. The normalized spacial score (nSPS) is 22.2. The first kappa shape index (κ1) is 34.4. The Morgan fingerprint density at radius 3 is 2.33 bits per heavy atom. The minimum absolute atomic E-state index is 0.0163. The van der Waals surface area contributed by atoms with Gasteiger partial charge >= 0.3 is 6.09 Å². The number of nitrogens with zero attached hydrogens (tertiary/aromatic N) is 7. The molecule has 2 fully saturated rings. The second-order valence-corrected chi connectivity index (χ2v) is 14.4. The van der Waals surface area contributed by atoms with Gasteiger partial charge in [-0.3, -0.25) is 4.68 Å². The molecule has 2 aliphatic rings. The number of benzene rings is 2. The number of fused-ring (bicyclic) bond motifs is 1. The lowest BCUT2D eigenvalue weighted by Crippen LogP contribution is -2.40. The lowest BCUT2D eigenvalue weighted by molar-refractivity contribution is 0.00720. The molecule has 14 nitrogen and oxygen atoms in total. The molecular formula is C37H45N9O5. The number of ether oxygens (including phenoxy) is 1. The van der Waals surface area contributed by atoms with Crippen LogP contribution in [-0.2, 0) is 11.3 Å². The molecule has 3 aromatic heterocycles. The van der Waals surface area contributed by atoms with Crippen molar-refractivity contribution in [3.63, 3.8) is 0 Å². The van der Waals surface area contributed by atoms with Gasteiger partial charge in [0.25, 0.3) is 0 Å². The van der Waals surface area contributed by atoms with E-state index in [1.165, 1.54) is 0 Å². The molecule has 1 saturated heterocycles. The number of rotatable bonds is 10. The van der Waals surface area contributed by atoms with Gasteiger partial charge in [0, 0.05) is 37.3 Å². The second kappa shape index (κ2) is 14.3. The highest BCUT2D eigenvalue weighted by atomic mass is 16.6. The minimum Gasteiger partial charge on any atom is -0.444 e. The first-order valence-corrected chi connectivity index (χ1v) is 17.4. The third-order valence-electron chi connectivity index (χ3n) is 9.64. The molecule has 14 heteroatoms. The summed E-state index contributed by atoms with van der Waals surface area (Å²) in [6.07, 6.45) is 3.22. The Labute approximate surface area is 296 Å². The van der Waals surface area contributed by atoms with Crippen LogP contribution in [0, 0.1) is 0 Å². The van der Waals surface area contributed by atoms with E-state index in [9.17, 15) is 20.1 Å². The van der Waals surface area contributed by atoms with E-state index in [0.717, 1.165) is 11.1 Å². The molecule has 1 aliphatic carbocycles. The number of carbonyl (C=O) groups is 1. The van der Waals surface area contributed by atoms with Gasteiger partial charge in [0.2, 0.25) is 5.95 Å². The third kappa shape index (κ3) is 7.39. The highest BCUT2D eigenvalue weighted by molar-refractivity contribution is 5.84. The van der Waals surface area contributed by atoms with E-state index in [1.54, 1.807) is 23.4 Å². The van der Waals surface area contributed by atoms with Crippen LogP contribution in [-0.4, -0.2) is 94.2 Å². The van der Waals surface area contributed by atoms with Crippen molar-refractivity contribution < 1.29 is 24.9 Å². The fraction of sp³-hybridized carbons (Fsp3) is 0.432. The monoisotopic (exact) mass is 695 g/mol. The fourth-order valence-electron chi connectivity index (χ4n) is 7.11. The van der Waals surface area contributed by atoms with Gasteiger partial charge in [0.05, 0.1) is 37.3 Å². The maximum Gasteiger partial charge on any atom is 0.407 e. The summed E-state index contributed by atoms with van der Waals surface area (Å²) in [7, 11) is 0. The van der Waals surface area contributed by atoms with E-state index in [4.69, 9.17) is 19.7 Å². The zero-order valence-electron chi connectivity index (χ0n) is 29.0. The number of hydrogen-bond acceptors (Lipinski definition) is 11. The van der Waals surface area contributed by atoms with Gasteiger partial charge < -0.3 is 40.2 Å². The maximum absolute atomic E-state index is 12.6. The smallest absolute Gasteiger partial charge is 0.407 e. The maximum atomic E-state index is 12.6. The fourth-order valence-corrected chi connectivity index (χ4v) is 7.11. The van der Waals surface area contributed by atoms with Crippen LogP contribution < -0.4 is 15.5 Å². The molecule has 0 radical (unpaired) electrons. The molecule has 4 heterocycles. The largest absolute Gasteiger partial charge is 0.444 e. The predicted molar refractivity (Wildman–Crippen MR) is 191 cm³/mol. The standard InChI is InChI=1S/C37H45N9O5/c1-37(2,3)51-36(50)41-26-14-15-44(20-26)35-42-33(38-18-27(24-10-6-4-7-11-24)25-12-8-5-9-13-25)30-34(43-35)45(22-39-30)28-16-29(32(49)31(28)48)46-19-23(21-47)17-40-46/h4-13,17,19,22,26-29,31-32,47-49H,14-16,18,20-21H2,1-3H3,(H,41,50)(H,38,42,43)/t26?,28-,29+,31+,32-/m1/s1. The number of nitrogens with one attached hydrogen (secondary N) is 2. The van der Waals surface area contributed by atoms with Gasteiger partial charge in [-0.05, 0) is 44.7 Å². The van der Waals surface area contributed by atoms with Crippen molar-refractivity contribution in [2.24, 2.45) is 0 Å². The highest BCUT2D eigenvalue weighted by Crippen LogP contribution is 2.40. The van der Waals surface area contributed by atoms with Crippen molar-refractivity contribution in [1.29, 1.82) is 0 Å². The molecular weight excluding hydrogens is 650 g/mol. The van der Waals surface area contributed by atoms with Crippen LogP contribution in [0.3, 0.4) is 0 Å². The number of anilines is 2. The third-order valence-corrected chi connectivity index (χ3v) is 9.64. The number of aliphatic hydroxyl groups is 3. The number of aromatic nitrogens is 6. The van der Waals surface area contributed by atoms with Crippen molar-refractivity contribution in [2.75, 3.05) is 29.9 Å². The molecule has 1 saturated carbocycles. The molecule has 1 unspecified atom stereocenters. The van der Waals surface area contributed by atoms with Crippen molar-refractivity contribution in [2.45, 2.75) is 82.1 Å². The first-order chi connectivity index (χ1) is 24.6. The summed E-state index contributed by atoms with van der Waals surface area (Å²) in [4.78, 5) is 29.3. The quantitative estimate of drug-likeness (QED) is 0.144. The number of hydrogen-bond donors (Lipinski definition) is 5. The second-order valence-electron chi connectivity index (χ2n) is 14.4. The van der Waals surface area contributed by atoms with E-state index in [0.29, 0.717) is 61.0 Å². The summed E-state index contributed by atoms with van der Waals surface area (Å²) in [6, 6.07) is 19.4. The van der Waals surface area contributed by atoms with Gasteiger partial charge in [-0.1, -0.05) is 60.7 Å². The zero-order chi connectivity index (χ0) is 35.7. The van der Waals surface area contributed by atoms with Crippen LogP contribution >= 0.6 is 0 Å². The van der Waals surface area contributed by atoms with Gasteiger partial charge in [-0.2, -0.15) is 15.1 Å². The Bertz CT molecular complexity index is 1900. The SMILES string of the molecule is CC(C)(C)OC(=O)NC1CCN(c2nc(NCC(c3ccccc3)c3ccccc3)c3ncn([C@@H]4C[C@H](n5cc(CO)cn5)[C@@H](O)[C@H]4O)c3n2)C1. The van der Waals surface area contributed by atoms with E-state index in [1.807, 2.05) is 66.6 Å². The summed E-state index contributed by atoms with van der Waals surface area (Å²) in [5, 5.41) is 43.0. The van der Waals surface area contributed by atoms with Gasteiger partial charge in [-0.25, -0.2) is 9.78 Å². The molecule has 0 bridgehead atoms. The number of imidazole rings is 1. The van der Waals surface area contributed by atoms with Gasteiger partial charge in [0.15, 0.2) is 17.0 Å². The Morgan fingerprint density at radius 2 is 1.69 bits per heavy atom. The van der Waals surface area contributed by atoms with Crippen LogP contribution in [0.25, 0.3) is 11.2 Å². The molecule has 5 atom stereocenters. The van der Waals surface area contributed by atoms with E-state index < -0.39 is 36.0 Å². The number of amides is 1. The molecule has 2 aromatic carbocycles. The van der Waals surface area contributed by atoms with Crippen LogP contribution in [0.5, 0.6) is 0 Å². The molecule has 5 N–H and O–H groups in total. The van der Waals surface area contributed by atoms with Crippen LogP contribution in [0.15, 0.2) is 79.4 Å². The van der Waals surface area contributed by atoms with Crippen molar-refractivity contribution >= 4 is 29.0 Å². The van der Waals surface area contributed by atoms with E-state index >= 15 is 0 Å². The van der Waals surface area contributed by atoms with Crippen LogP contribution in [0.1, 0.15) is 68.3 Å². The summed E-state index contributed by atoms with van der Waals surface area (Å²) < 4.78 is 8.90. The minimum atomic E-state index is -1.13. The van der Waals surface area contributed by atoms with E-state index in [-0.39, 0.29) is 18.6 Å². The summed E-state index contributed by atoms with van der Waals surface area (Å²) in [5.41, 5.74) is 3.36. The predicted octanol–water partition coefficient (Wildman–Crippen LogP) is 3.77. The summed E-state index contributed by atoms with van der Waals surface area (Å²) >= 11 is 0. The number of aliphatic hydroxyl groups excluding tert-OH is 3. The topological polar surface area (TPSA) is 176 Å². The van der Waals surface area contributed by atoms with Gasteiger partial charge in [-0.15, -0.1) is 0 Å². The number of carbonyl (C=O) groups excluding carboxylic acids is 1. The Morgan fingerprint density at radius 1 is 1.00 bits per heavy atom. The molecule has 1 aliphatic heterocycles. The lowest BCUT2D eigenvalue weighted by Gasteiger charge is -2.23. The lowest BCUT2D eigenvalue weighted by atomic mass is 9.91. The molecule has 1 amide bonds. The Balaban J connectivity index is 1.22. The van der Waals surface area contributed by atoms with Crippen LogP contribution in [0.4, 0.5) is 16.6 Å². The van der Waals surface area contributed by atoms with Crippen LogP contribution in [0.2, 0.25) is 0 Å². The van der Waals surface area contributed by atoms with Crippen molar-refractivity contribution in [1.82, 2.24) is 34.6 Å². The molecule has 268 valence electrons. The average Bonchev–Trinajstić information content (AvgIpc) is 3.92. The average molecular weight is 696 g/mol. The molecule has 5 aromatic rings. The number of alkyl carbamates (subject to hydrolysis) is 1. The molecule has 7 rings (SSSR count).